The number of unbranched alkanes of at least 4 members (excludes halogenated alkanes) is 4. The van der Waals surface area contributed by atoms with E-state index in [-0.39, 0.29) is 0 Å². The summed E-state index contributed by atoms with van der Waals surface area (Å²) in [5, 5.41) is 0. The quantitative estimate of drug-likeness (QED) is 0.672. The van der Waals surface area contributed by atoms with Crippen molar-refractivity contribution < 1.29 is 0 Å². The van der Waals surface area contributed by atoms with E-state index in [1.54, 1.807) is 6.20 Å². The first kappa shape index (κ1) is 11.8. The van der Waals surface area contributed by atoms with Gasteiger partial charge in [0.05, 0.1) is 0 Å². The smallest absolute Gasteiger partial charge is 0.0103 e. The fourth-order valence-corrected chi connectivity index (χ4v) is 1.69. The van der Waals surface area contributed by atoms with Crippen molar-refractivity contribution in [1.29, 1.82) is 0 Å². The van der Waals surface area contributed by atoms with Gasteiger partial charge in [-0.1, -0.05) is 49.2 Å². The SMILES string of the molecule is N/C=C/CCCCCCc1ccccc1. The van der Waals surface area contributed by atoms with Crippen molar-refractivity contribution >= 4 is 0 Å². The molecule has 0 spiro atoms. The number of rotatable bonds is 7. The van der Waals surface area contributed by atoms with E-state index in [1.165, 1.54) is 37.7 Å². The van der Waals surface area contributed by atoms with Crippen LogP contribution in [0.1, 0.15) is 37.7 Å². The Bertz CT molecular complexity index is 264. The van der Waals surface area contributed by atoms with Gasteiger partial charge in [0.1, 0.15) is 0 Å². The lowest BCUT2D eigenvalue weighted by molar-refractivity contribution is 0.646. The summed E-state index contributed by atoms with van der Waals surface area (Å²) < 4.78 is 0. The summed E-state index contributed by atoms with van der Waals surface area (Å²) in [6.07, 6.45) is 11.2. The van der Waals surface area contributed by atoms with Gasteiger partial charge < -0.3 is 5.73 Å². The van der Waals surface area contributed by atoms with Gasteiger partial charge in [0, 0.05) is 0 Å². The first-order chi connectivity index (χ1) is 7.43. The molecule has 0 aliphatic carbocycles. The van der Waals surface area contributed by atoms with E-state index in [0.717, 1.165) is 6.42 Å². The molecule has 1 heteroatoms. The number of benzene rings is 1. The predicted molar refractivity (Wildman–Crippen MR) is 66.6 cm³/mol. The number of hydrogen-bond donors (Lipinski definition) is 1. The Labute approximate surface area is 93.0 Å². The Hall–Kier alpha value is -1.24. The van der Waals surface area contributed by atoms with Crippen molar-refractivity contribution in [3.8, 4) is 0 Å². The lowest BCUT2D eigenvalue weighted by Gasteiger charge is -2.00. The largest absolute Gasteiger partial charge is 0.405 e. The number of aryl methyl sites for hydroxylation is 1. The summed E-state index contributed by atoms with van der Waals surface area (Å²) in [5.41, 5.74) is 6.72. The van der Waals surface area contributed by atoms with Crippen molar-refractivity contribution in [3.05, 3.63) is 48.2 Å². The second-order valence-electron chi connectivity index (χ2n) is 3.87. The van der Waals surface area contributed by atoms with Crippen LogP contribution in [0.5, 0.6) is 0 Å². The molecule has 82 valence electrons. The van der Waals surface area contributed by atoms with Gasteiger partial charge in [0.15, 0.2) is 0 Å². The molecule has 0 aromatic heterocycles. The maximum Gasteiger partial charge on any atom is -0.0103 e. The third-order valence-corrected chi connectivity index (χ3v) is 2.57. The van der Waals surface area contributed by atoms with Crippen LogP contribution in [0.15, 0.2) is 42.6 Å². The van der Waals surface area contributed by atoms with Crippen LogP contribution in [0.4, 0.5) is 0 Å². The molecule has 0 amide bonds. The number of hydrogen-bond acceptors (Lipinski definition) is 1. The molecule has 15 heavy (non-hydrogen) atoms. The average Bonchev–Trinajstić information content (AvgIpc) is 2.29. The molecule has 2 N–H and O–H groups in total. The van der Waals surface area contributed by atoms with Gasteiger partial charge in [-0.3, -0.25) is 0 Å². The minimum Gasteiger partial charge on any atom is -0.405 e. The molecule has 1 aromatic carbocycles. The minimum absolute atomic E-state index is 1.13. The normalized spacial score (nSPS) is 10.9. The van der Waals surface area contributed by atoms with E-state index in [9.17, 15) is 0 Å². The van der Waals surface area contributed by atoms with Gasteiger partial charge >= 0.3 is 0 Å². The van der Waals surface area contributed by atoms with Gasteiger partial charge in [-0.25, -0.2) is 0 Å². The van der Waals surface area contributed by atoms with Crippen LogP contribution < -0.4 is 5.73 Å². The van der Waals surface area contributed by atoms with Crippen LogP contribution in [-0.4, -0.2) is 0 Å². The maximum atomic E-state index is 5.26. The zero-order valence-corrected chi connectivity index (χ0v) is 9.36. The molecule has 1 aromatic rings. The van der Waals surface area contributed by atoms with E-state index < -0.39 is 0 Å². The van der Waals surface area contributed by atoms with E-state index in [0.29, 0.717) is 0 Å². The Morgan fingerprint density at radius 3 is 2.40 bits per heavy atom. The molecular formula is C14H21N. The monoisotopic (exact) mass is 203 g/mol. The van der Waals surface area contributed by atoms with Gasteiger partial charge in [0.25, 0.3) is 0 Å². The van der Waals surface area contributed by atoms with Crippen LogP contribution in [0.3, 0.4) is 0 Å². The molecule has 0 heterocycles. The molecule has 0 fully saturated rings. The molecule has 1 rings (SSSR count). The van der Waals surface area contributed by atoms with Crippen molar-refractivity contribution in [2.45, 2.75) is 38.5 Å². The zero-order valence-electron chi connectivity index (χ0n) is 9.36. The molecule has 1 nitrogen and oxygen atoms in total. The third-order valence-electron chi connectivity index (χ3n) is 2.57. The first-order valence-electron chi connectivity index (χ1n) is 5.84. The van der Waals surface area contributed by atoms with Gasteiger partial charge in [-0.15, -0.1) is 0 Å². The summed E-state index contributed by atoms with van der Waals surface area (Å²) in [7, 11) is 0. The summed E-state index contributed by atoms with van der Waals surface area (Å²) in [4.78, 5) is 0. The molecule has 0 saturated carbocycles. The summed E-state index contributed by atoms with van der Waals surface area (Å²) in [6.45, 7) is 0. The highest BCUT2D eigenvalue weighted by Gasteiger charge is 1.92. The van der Waals surface area contributed by atoms with E-state index in [1.807, 2.05) is 6.08 Å². The van der Waals surface area contributed by atoms with Gasteiger partial charge in [-0.2, -0.15) is 0 Å². The number of nitrogens with two attached hydrogens (primary N) is 1. The van der Waals surface area contributed by atoms with Crippen molar-refractivity contribution in [1.82, 2.24) is 0 Å². The Balaban J connectivity index is 1.98. The summed E-state index contributed by atoms with van der Waals surface area (Å²) in [6, 6.07) is 10.7. The highest BCUT2D eigenvalue weighted by molar-refractivity contribution is 5.14. The molecule has 0 unspecified atom stereocenters. The zero-order chi connectivity index (χ0) is 10.8. The van der Waals surface area contributed by atoms with Crippen molar-refractivity contribution in [2.24, 2.45) is 5.73 Å². The van der Waals surface area contributed by atoms with Gasteiger partial charge in [-0.05, 0) is 37.4 Å². The highest BCUT2D eigenvalue weighted by atomic mass is 14.5. The van der Waals surface area contributed by atoms with Crippen molar-refractivity contribution in [3.63, 3.8) is 0 Å². The van der Waals surface area contributed by atoms with Crippen LogP contribution in [0.2, 0.25) is 0 Å². The van der Waals surface area contributed by atoms with E-state index >= 15 is 0 Å². The summed E-state index contributed by atoms with van der Waals surface area (Å²) in [5.74, 6) is 0. The Kier molecular flexibility index (Phi) is 6.39. The molecule has 0 saturated heterocycles. The lowest BCUT2D eigenvalue weighted by Crippen LogP contribution is -1.85. The fraction of sp³-hybridized carbons (Fsp3) is 0.429. The van der Waals surface area contributed by atoms with Crippen LogP contribution in [0, 0.1) is 0 Å². The minimum atomic E-state index is 1.13. The van der Waals surface area contributed by atoms with Crippen LogP contribution in [-0.2, 0) is 6.42 Å². The molecule has 0 bridgehead atoms. The first-order valence-corrected chi connectivity index (χ1v) is 5.84. The highest BCUT2D eigenvalue weighted by Crippen LogP contribution is 2.08. The standard InChI is InChI=1S/C14H21N/c15-13-9-4-2-1-3-6-10-14-11-7-5-8-12-14/h5,7-9,11-13H,1-4,6,10,15H2/b13-9+. The molecule has 0 radical (unpaired) electrons. The molecule has 0 aliphatic rings. The predicted octanol–water partition coefficient (Wildman–Crippen LogP) is 3.65. The fourth-order valence-electron chi connectivity index (χ4n) is 1.69. The van der Waals surface area contributed by atoms with Gasteiger partial charge in [0.2, 0.25) is 0 Å². The molecular weight excluding hydrogens is 182 g/mol. The van der Waals surface area contributed by atoms with Crippen molar-refractivity contribution in [2.75, 3.05) is 0 Å². The topological polar surface area (TPSA) is 26.0 Å². The van der Waals surface area contributed by atoms with Crippen LogP contribution in [0.25, 0.3) is 0 Å². The lowest BCUT2D eigenvalue weighted by atomic mass is 10.1. The molecule has 0 aliphatic heterocycles. The summed E-state index contributed by atoms with van der Waals surface area (Å²) >= 11 is 0. The maximum absolute atomic E-state index is 5.26. The van der Waals surface area contributed by atoms with Crippen LogP contribution >= 0.6 is 0 Å². The Morgan fingerprint density at radius 1 is 0.933 bits per heavy atom. The van der Waals surface area contributed by atoms with E-state index in [2.05, 4.69) is 30.3 Å². The third kappa shape index (κ3) is 5.95. The second-order valence-corrected chi connectivity index (χ2v) is 3.87. The van der Waals surface area contributed by atoms with E-state index in [4.69, 9.17) is 5.73 Å². The average molecular weight is 203 g/mol. The Morgan fingerprint density at radius 2 is 1.67 bits per heavy atom. The second kappa shape index (κ2) is 8.10. The number of allylic oxidation sites excluding steroid dienone is 1. The molecule has 0 atom stereocenters.